The molecule has 0 radical (unpaired) electrons. The number of furan rings is 1. The Morgan fingerprint density at radius 2 is 1.83 bits per heavy atom. The van der Waals surface area contributed by atoms with Gasteiger partial charge in [0.05, 0.1) is 26.2 Å². The first-order valence-corrected chi connectivity index (χ1v) is 13.3. The zero-order valence-corrected chi connectivity index (χ0v) is 23.1. The van der Waals surface area contributed by atoms with E-state index in [-0.39, 0.29) is 42.8 Å². The highest BCUT2D eigenvalue weighted by Crippen LogP contribution is 2.28. The molecule has 1 aromatic heterocycles. The number of amides is 3. The Morgan fingerprint density at radius 1 is 1.05 bits per heavy atom. The van der Waals surface area contributed by atoms with Gasteiger partial charge >= 0.3 is 5.97 Å². The van der Waals surface area contributed by atoms with E-state index in [9.17, 15) is 24.3 Å². The molecule has 2 aromatic carbocycles. The summed E-state index contributed by atoms with van der Waals surface area (Å²) in [6, 6.07) is 16.9. The van der Waals surface area contributed by atoms with Crippen molar-refractivity contribution in [3.8, 4) is 17.1 Å². The van der Waals surface area contributed by atoms with Crippen molar-refractivity contribution >= 4 is 24.2 Å². The molecule has 11 heteroatoms. The van der Waals surface area contributed by atoms with Crippen molar-refractivity contribution in [2.24, 2.45) is 5.92 Å². The molecule has 0 saturated carbocycles. The monoisotopic (exact) mass is 565 g/mol. The molecule has 0 bridgehead atoms. The second kappa shape index (κ2) is 15.8. The number of unbranched alkanes of at least 4 members (excludes halogenated alkanes) is 2. The molecule has 1 atom stereocenters. The van der Waals surface area contributed by atoms with Gasteiger partial charge in [0.2, 0.25) is 12.3 Å². The molecular weight excluding hydrogens is 530 g/mol. The summed E-state index contributed by atoms with van der Waals surface area (Å²) >= 11 is 0. The van der Waals surface area contributed by atoms with Crippen LogP contribution in [0.25, 0.3) is 11.3 Å². The average molecular weight is 566 g/mol. The average Bonchev–Trinajstić information content (AvgIpc) is 3.49. The van der Waals surface area contributed by atoms with Crippen LogP contribution in [0.15, 0.2) is 65.1 Å². The van der Waals surface area contributed by atoms with E-state index in [1.54, 1.807) is 12.1 Å². The maximum Gasteiger partial charge on any atom is 0.339 e. The summed E-state index contributed by atoms with van der Waals surface area (Å²) in [4.78, 5) is 54.3. The smallest absolute Gasteiger partial charge is 0.339 e. The standard InChI is InChI=1S/C30H35N3O8/c1-3-4-6-11-23(17-33(20-34)40-18-21-9-7-5-8-10-21)28(35)31-19-32-29(36)27-15-14-25(41-27)22-12-13-26(39-2)24(16-22)30(37)38/h5,7-10,12-16,20,23H,3-4,6,11,17-19H2,1-2H3,(H,31,35)(H,32,36)(H,37,38)/t23-/m1/s1. The number of ether oxygens (including phenoxy) is 1. The van der Waals surface area contributed by atoms with Crippen molar-refractivity contribution < 1.29 is 38.3 Å². The summed E-state index contributed by atoms with van der Waals surface area (Å²) in [5, 5.41) is 15.8. The summed E-state index contributed by atoms with van der Waals surface area (Å²) in [5.41, 5.74) is 1.31. The molecule has 0 aliphatic heterocycles. The minimum Gasteiger partial charge on any atom is -0.496 e. The van der Waals surface area contributed by atoms with Crippen LogP contribution in [0.3, 0.4) is 0 Å². The fraction of sp³-hybridized carbons (Fsp3) is 0.333. The predicted octanol–water partition coefficient (Wildman–Crippen LogP) is 4.24. The lowest BCUT2D eigenvalue weighted by Crippen LogP contribution is -2.43. The van der Waals surface area contributed by atoms with Crippen molar-refractivity contribution in [2.75, 3.05) is 20.3 Å². The number of hydrogen-bond donors (Lipinski definition) is 3. The molecule has 0 unspecified atom stereocenters. The SMILES string of the molecule is CCCCC[C@H](CN(C=O)OCc1ccccc1)C(=O)NCNC(=O)c1ccc(-c2ccc(OC)c(C(=O)O)c2)o1. The Bertz CT molecular complexity index is 1310. The van der Waals surface area contributed by atoms with Crippen LogP contribution in [0.1, 0.15) is 59.1 Å². The predicted molar refractivity (Wildman–Crippen MR) is 150 cm³/mol. The Kier molecular flexibility index (Phi) is 11.9. The third kappa shape index (κ3) is 9.21. The molecule has 0 spiro atoms. The molecule has 3 aromatic rings. The van der Waals surface area contributed by atoms with E-state index in [0.29, 0.717) is 24.2 Å². The van der Waals surface area contributed by atoms with Crippen molar-refractivity contribution in [1.29, 1.82) is 0 Å². The molecule has 41 heavy (non-hydrogen) atoms. The summed E-state index contributed by atoms with van der Waals surface area (Å²) in [6.45, 7) is 2.17. The number of hydroxylamine groups is 2. The summed E-state index contributed by atoms with van der Waals surface area (Å²) in [5.74, 6) is -2.09. The lowest BCUT2D eigenvalue weighted by molar-refractivity contribution is -0.182. The minimum atomic E-state index is -1.16. The molecule has 1 heterocycles. The maximum absolute atomic E-state index is 13.0. The van der Waals surface area contributed by atoms with E-state index in [2.05, 4.69) is 17.6 Å². The Morgan fingerprint density at radius 3 is 2.51 bits per heavy atom. The van der Waals surface area contributed by atoms with E-state index in [1.807, 2.05) is 30.3 Å². The van der Waals surface area contributed by atoms with E-state index < -0.39 is 17.8 Å². The summed E-state index contributed by atoms with van der Waals surface area (Å²) in [6.07, 6.45) is 3.83. The summed E-state index contributed by atoms with van der Waals surface area (Å²) in [7, 11) is 1.38. The number of carbonyl (C=O) groups excluding carboxylic acids is 3. The Labute approximate surface area is 238 Å². The number of carboxylic acids is 1. The van der Waals surface area contributed by atoms with Gasteiger partial charge in [0.25, 0.3) is 5.91 Å². The zero-order chi connectivity index (χ0) is 29.6. The van der Waals surface area contributed by atoms with Crippen LogP contribution in [0.2, 0.25) is 0 Å². The second-order valence-corrected chi connectivity index (χ2v) is 9.26. The van der Waals surface area contributed by atoms with Gasteiger partial charge in [-0.2, -0.15) is 0 Å². The van der Waals surface area contributed by atoms with E-state index in [4.69, 9.17) is 14.0 Å². The van der Waals surface area contributed by atoms with E-state index in [1.165, 1.54) is 25.3 Å². The van der Waals surface area contributed by atoms with Gasteiger partial charge < -0.3 is 24.9 Å². The molecule has 11 nitrogen and oxygen atoms in total. The number of rotatable bonds is 17. The number of benzene rings is 2. The first-order chi connectivity index (χ1) is 19.9. The van der Waals surface area contributed by atoms with Crippen molar-refractivity contribution in [3.63, 3.8) is 0 Å². The number of methoxy groups -OCH3 is 1. The number of nitrogens with zero attached hydrogens (tertiary/aromatic N) is 1. The first kappa shape index (κ1) is 30.9. The van der Waals surface area contributed by atoms with Crippen molar-refractivity contribution in [2.45, 2.75) is 39.2 Å². The Balaban J connectivity index is 1.56. The van der Waals surface area contributed by atoms with Gasteiger partial charge in [-0.15, -0.1) is 0 Å². The van der Waals surface area contributed by atoms with Gasteiger partial charge in [-0.3, -0.25) is 19.2 Å². The number of nitrogens with one attached hydrogen (secondary N) is 2. The highest BCUT2D eigenvalue weighted by Gasteiger charge is 2.22. The fourth-order valence-corrected chi connectivity index (χ4v) is 4.11. The van der Waals surface area contributed by atoms with Crippen LogP contribution in [0.5, 0.6) is 5.75 Å². The lowest BCUT2D eigenvalue weighted by Gasteiger charge is -2.23. The number of aromatic carboxylic acids is 1. The molecule has 0 aliphatic carbocycles. The van der Waals surface area contributed by atoms with Gasteiger partial charge in [0.15, 0.2) is 5.76 Å². The third-order valence-corrected chi connectivity index (χ3v) is 6.34. The van der Waals surface area contributed by atoms with Crippen LogP contribution in [-0.2, 0) is 21.0 Å². The summed E-state index contributed by atoms with van der Waals surface area (Å²) < 4.78 is 10.7. The number of hydrogen-bond acceptors (Lipinski definition) is 7. The molecule has 3 rings (SSSR count). The highest BCUT2D eigenvalue weighted by molar-refractivity contribution is 5.94. The molecule has 0 aliphatic rings. The van der Waals surface area contributed by atoms with Crippen molar-refractivity contribution in [3.05, 3.63) is 77.6 Å². The minimum absolute atomic E-state index is 0.0112. The van der Waals surface area contributed by atoms with E-state index >= 15 is 0 Å². The normalized spacial score (nSPS) is 11.4. The molecular formula is C30H35N3O8. The van der Waals surface area contributed by atoms with Crippen LogP contribution in [0, 0.1) is 5.92 Å². The van der Waals surface area contributed by atoms with Crippen LogP contribution >= 0.6 is 0 Å². The van der Waals surface area contributed by atoms with Gasteiger partial charge in [0, 0.05) is 5.56 Å². The number of carboxylic acid groups (broad SMARTS) is 1. The van der Waals surface area contributed by atoms with Gasteiger partial charge in [-0.1, -0.05) is 56.5 Å². The zero-order valence-electron chi connectivity index (χ0n) is 23.1. The highest BCUT2D eigenvalue weighted by atomic mass is 16.7. The van der Waals surface area contributed by atoms with Crippen LogP contribution < -0.4 is 15.4 Å². The number of carbonyl (C=O) groups is 4. The molecule has 3 amide bonds. The fourth-order valence-electron chi connectivity index (χ4n) is 4.11. The van der Waals surface area contributed by atoms with Gasteiger partial charge in [0.1, 0.15) is 23.7 Å². The third-order valence-electron chi connectivity index (χ3n) is 6.34. The Hall–Kier alpha value is -4.64. The van der Waals surface area contributed by atoms with Crippen molar-refractivity contribution in [1.82, 2.24) is 15.7 Å². The molecule has 0 saturated heterocycles. The van der Waals surface area contributed by atoms with E-state index in [0.717, 1.165) is 29.9 Å². The molecule has 0 fully saturated rings. The molecule has 3 N–H and O–H groups in total. The lowest BCUT2D eigenvalue weighted by atomic mass is 10.0. The largest absolute Gasteiger partial charge is 0.496 e. The van der Waals surface area contributed by atoms with Gasteiger partial charge in [-0.25, -0.2) is 9.86 Å². The second-order valence-electron chi connectivity index (χ2n) is 9.26. The first-order valence-electron chi connectivity index (χ1n) is 13.3. The topological polar surface area (TPSA) is 147 Å². The van der Waals surface area contributed by atoms with Gasteiger partial charge in [-0.05, 0) is 42.3 Å². The van der Waals surface area contributed by atoms with Crippen LogP contribution in [-0.4, -0.2) is 54.7 Å². The quantitative estimate of drug-likeness (QED) is 0.0953. The van der Waals surface area contributed by atoms with Crippen LogP contribution in [0.4, 0.5) is 0 Å². The maximum atomic E-state index is 13.0. The molecule has 218 valence electrons.